The summed E-state index contributed by atoms with van der Waals surface area (Å²) in [5, 5.41) is 10.5. The molecule has 0 saturated carbocycles. The lowest BCUT2D eigenvalue weighted by molar-refractivity contribution is -0.162. The molecular weight excluding hydrogens is 496 g/mol. The van der Waals surface area contributed by atoms with Gasteiger partial charge in [-0.3, -0.25) is 9.59 Å². The topological polar surface area (TPSA) is 116 Å². The monoisotopic (exact) mass is 524 g/mol. The van der Waals surface area contributed by atoms with Gasteiger partial charge >= 0.3 is 12.0 Å². The number of carbonyl (C=O) groups is 3. The fourth-order valence-corrected chi connectivity index (χ4v) is 4.42. The van der Waals surface area contributed by atoms with Crippen LogP contribution in [0.3, 0.4) is 0 Å². The lowest BCUT2D eigenvalue weighted by Crippen LogP contribution is -2.52. The van der Waals surface area contributed by atoms with Gasteiger partial charge in [-0.1, -0.05) is 78.9 Å². The highest BCUT2D eigenvalue weighted by molar-refractivity contribution is 6.01. The Morgan fingerprint density at radius 1 is 0.795 bits per heavy atom. The highest BCUT2D eigenvalue weighted by Crippen LogP contribution is 2.39. The van der Waals surface area contributed by atoms with Crippen LogP contribution in [0.2, 0.25) is 0 Å². The van der Waals surface area contributed by atoms with Crippen LogP contribution in [-0.4, -0.2) is 45.3 Å². The quantitative estimate of drug-likeness (QED) is 0.274. The molecule has 0 spiro atoms. The third kappa shape index (κ3) is 6.08. The standard InChI is InChI=1S/C31H28N2O6/c1-20-17-21(2)33-30(32-20)39-28(29(36)37)31(25-13-6-4-7-14-25,26-15-8-5-9-16-26)38-19-27(35)24-12-10-11-23(18-24)22(3)34/h4-18,28H,19H2,1-3H3,(H,36,37). The number of ketones is 2. The van der Waals surface area contributed by atoms with Crippen molar-refractivity contribution in [1.82, 2.24) is 9.97 Å². The van der Waals surface area contributed by atoms with Crippen molar-refractivity contribution in [2.45, 2.75) is 32.5 Å². The Labute approximate surface area is 226 Å². The molecule has 0 aliphatic heterocycles. The van der Waals surface area contributed by atoms with Gasteiger partial charge in [0.1, 0.15) is 6.61 Å². The summed E-state index contributed by atoms with van der Waals surface area (Å²) < 4.78 is 12.4. The minimum absolute atomic E-state index is 0.125. The number of ether oxygens (including phenoxy) is 2. The Morgan fingerprint density at radius 2 is 1.33 bits per heavy atom. The minimum atomic E-state index is -1.77. The largest absolute Gasteiger partial charge is 0.478 e. The normalized spacial score (nSPS) is 12.0. The summed E-state index contributed by atoms with van der Waals surface area (Å²) in [6, 6.07) is 25.4. The number of carboxylic acids is 1. The summed E-state index contributed by atoms with van der Waals surface area (Å²) >= 11 is 0. The first-order chi connectivity index (χ1) is 18.7. The third-order valence-electron chi connectivity index (χ3n) is 6.21. The second-order valence-corrected chi connectivity index (χ2v) is 9.09. The first-order valence-electron chi connectivity index (χ1n) is 12.3. The van der Waals surface area contributed by atoms with Crippen LogP contribution in [0, 0.1) is 13.8 Å². The molecule has 4 aromatic rings. The number of benzene rings is 3. The molecule has 0 fully saturated rings. The number of Topliss-reactive ketones (excluding diaryl/α,β-unsaturated/α-hetero) is 2. The van der Waals surface area contributed by atoms with E-state index in [1.807, 2.05) is 0 Å². The first kappa shape index (κ1) is 27.3. The van der Waals surface area contributed by atoms with Gasteiger partial charge in [-0.2, -0.15) is 0 Å². The Hall–Kier alpha value is -4.69. The lowest BCUT2D eigenvalue weighted by atomic mass is 9.81. The van der Waals surface area contributed by atoms with Crippen LogP contribution in [0.5, 0.6) is 6.01 Å². The van der Waals surface area contributed by atoms with Gasteiger partial charge in [-0.25, -0.2) is 14.8 Å². The van der Waals surface area contributed by atoms with Crippen LogP contribution in [0.15, 0.2) is 91.0 Å². The summed E-state index contributed by atoms with van der Waals surface area (Å²) in [7, 11) is 0. The van der Waals surface area contributed by atoms with Crippen molar-refractivity contribution in [1.29, 1.82) is 0 Å². The highest BCUT2D eigenvalue weighted by atomic mass is 16.6. The van der Waals surface area contributed by atoms with Gasteiger partial charge in [-0.05, 0) is 44.0 Å². The Kier molecular flexibility index (Phi) is 8.27. The van der Waals surface area contributed by atoms with Gasteiger partial charge in [0.05, 0.1) is 0 Å². The van der Waals surface area contributed by atoms with Gasteiger partial charge in [0, 0.05) is 22.5 Å². The third-order valence-corrected chi connectivity index (χ3v) is 6.21. The average Bonchev–Trinajstić information content (AvgIpc) is 2.93. The summed E-state index contributed by atoms with van der Waals surface area (Å²) in [5.41, 5.74) is 1.00. The van der Waals surface area contributed by atoms with Crippen molar-refractivity contribution in [3.05, 3.63) is 125 Å². The molecule has 3 aromatic carbocycles. The fourth-order valence-electron chi connectivity index (χ4n) is 4.42. The zero-order chi connectivity index (χ0) is 28.0. The van der Waals surface area contributed by atoms with Gasteiger partial charge < -0.3 is 14.6 Å². The van der Waals surface area contributed by atoms with E-state index in [4.69, 9.17) is 9.47 Å². The average molecular weight is 525 g/mol. The number of aliphatic carboxylic acids is 1. The van der Waals surface area contributed by atoms with Crippen LogP contribution in [0.25, 0.3) is 0 Å². The zero-order valence-electron chi connectivity index (χ0n) is 21.8. The molecule has 0 aliphatic carbocycles. The molecule has 0 aliphatic rings. The smallest absolute Gasteiger partial charge is 0.348 e. The van der Waals surface area contributed by atoms with Crippen LogP contribution in [0.4, 0.5) is 0 Å². The van der Waals surface area contributed by atoms with E-state index in [-0.39, 0.29) is 17.4 Å². The van der Waals surface area contributed by atoms with Gasteiger partial charge in [0.2, 0.25) is 6.10 Å². The van der Waals surface area contributed by atoms with E-state index < -0.39 is 30.1 Å². The predicted octanol–water partition coefficient (Wildman–Crippen LogP) is 4.97. The molecule has 198 valence electrons. The van der Waals surface area contributed by atoms with E-state index in [0.717, 1.165) is 0 Å². The molecule has 4 rings (SSSR count). The van der Waals surface area contributed by atoms with E-state index in [0.29, 0.717) is 28.1 Å². The van der Waals surface area contributed by atoms with Crippen molar-refractivity contribution >= 4 is 17.5 Å². The predicted molar refractivity (Wildman–Crippen MR) is 144 cm³/mol. The maximum atomic E-state index is 13.3. The molecule has 8 nitrogen and oxygen atoms in total. The van der Waals surface area contributed by atoms with Gasteiger partial charge in [0.15, 0.2) is 17.2 Å². The van der Waals surface area contributed by atoms with Crippen LogP contribution >= 0.6 is 0 Å². The maximum absolute atomic E-state index is 13.3. The van der Waals surface area contributed by atoms with Crippen molar-refractivity contribution in [3.63, 3.8) is 0 Å². The van der Waals surface area contributed by atoms with Crippen molar-refractivity contribution in [3.8, 4) is 6.01 Å². The molecule has 1 heterocycles. The van der Waals surface area contributed by atoms with Crippen LogP contribution in [-0.2, 0) is 15.1 Å². The first-order valence-corrected chi connectivity index (χ1v) is 12.3. The molecule has 1 atom stereocenters. The summed E-state index contributed by atoms with van der Waals surface area (Å²) in [6.45, 7) is 4.43. The molecule has 1 N–H and O–H groups in total. The minimum Gasteiger partial charge on any atom is -0.478 e. The Balaban J connectivity index is 1.85. The van der Waals surface area contributed by atoms with Crippen molar-refractivity contribution < 1.29 is 29.0 Å². The van der Waals surface area contributed by atoms with Crippen LogP contribution < -0.4 is 4.74 Å². The van der Waals surface area contributed by atoms with E-state index in [9.17, 15) is 19.5 Å². The van der Waals surface area contributed by atoms with E-state index in [2.05, 4.69) is 9.97 Å². The number of hydrogen-bond donors (Lipinski definition) is 1. The number of carboxylic acid groups (broad SMARTS) is 1. The second kappa shape index (κ2) is 11.8. The van der Waals surface area contributed by atoms with Gasteiger partial charge in [0.25, 0.3) is 0 Å². The molecule has 8 heteroatoms. The Morgan fingerprint density at radius 3 is 1.85 bits per heavy atom. The highest BCUT2D eigenvalue weighted by Gasteiger charge is 2.50. The summed E-state index contributed by atoms with van der Waals surface area (Å²) in [6.07, 6.45) is -1.68. The number of rotatable bonds is 11. The maximum Gasteiger partial charge on any atom is 0.348 e. The molecule has 1 unspecified atom stereocenters. The number of hydrogen-bond acceptors (Lipinski definition) is 7. The molecule has 0 saturated heterocycles. The number of aromatic nitrogens is 2. The van der Waals surface area contributed by atoms with Crippen molar-refractivity contribution in [2.75, 3.05) is 6.61 Å². The molecular formula is C31H28N2O6. The molecule has 0 amide bonds. The second-order valence-electron chi connectivity index (χ2n) is 9.09. The molecule has 1 aromatic heterocycles. The summed E-state index contributed by atoms with van der Waals surface area (Å²) in [5.74, 6) is -1.95. The zero-order valence-corrected chi connectivity index (χ0v) is 21.8. The van der Waals surface area contributed by atoms with E-state index in [1.165, 1.54) is 13.0 Å². The van der Waals surface area contributed by atoms with E-state index >= 15 is 0 Å². The number of carbonyl (C=O) groups excluding carboxylic acids is 2. The Bertz CT molecular complexity index is 1430. The summed E-state index contributed by atoms with van der Waals surface area (Å²) in [4.78, 5) is 46.6. The lowest BCUT2D eigenvalue weighted by Gasteiger charge is -2.38. The van der Waals surface area contributed by atoms with Crippen molar-refractivity contribution in [2.24, 2.45) is 0 Å². The molecule has 0 bridgehead atoms. The fraction of sp³-hybridized carbons (Fsp3) is 0.194. The number of aryl methyl sites for hydroxylation is 2. The van der Waals surface area contributed by atoms with Crippen LogP contribution in [0.1, 0.15) is 50.2 Å². The van der Waals surface area contributed by atoms with E-state index in [1.54, 1.807) is 98.8 Å². The van der Waals surface area contributed by atoms with Gasteiger partial charge in [-0.15, -0.1) is 0 Å². The molecule has 39 heavy (non-hydrogen) atoms. The number of nitrogens with zero attached hydrogens (tertiary/aromatic N) is 2. The molecule has 0 radical (unpaired) electrons. The SMILES string of the molecule is CC(=O)c1cccc(C(=O)COC(c2ccccc2)(c2ccccc2)C(Oc2nc(C)cc(C)n2)C(=O)O)c1.